The summed E-state index contributed by atoms with van der Waals surface area (Å²) in [5, 5.41) is 28.5. The van der Waals surface area contributed by atoms with Crippen molar-refractivity contribution in [2.45, 2.75) is 33.1 Å². The Morgan fingerprint density at radius 1 is 0.647 bits per heavy atom. The average molecular weight is 680 g/mol. The molecule has 0 aliphatic heterocycles. The Morgan fingerprint density at radius 2 is 1.12 bits per heavy atom. The lowest BCUT2D eigenvalue weighted by Gasteiger charge is -2.20. The first-order valence-electron chi connectivity index (χ1n) is 16.9. The van der Waals surface area contributed by atoms with E-state index in [2.05, 4.69) is 74.7 Å². The highest BCUT2D eigenvalue weighted by Gasteiger charge is 2.07. The van der Waals surface area contributed by atoms with Crippen LogP contribution >= 0.6 is 0 Å². The summed E-state index contributed by atoms with van der Waals surface area (Å²) in [7, 11) is 0. The molecule has 0 spiro atoms. The summed E-state index contributed by atoms with van der Waals surface area (Å²) in [4.78, 5) is 14.4. The van der Waals surface area contributed by atoms with Crippen LogP contribution in [0.4, 0.5) is 39.8 Å². The van der Waals surface area contributed by atoms with E-state index >= 15 is 0 Å². The monoisotopic (exact) mass is 679 g/mol. The Hall–Kier alpha value is -6.29. The summed E-state index contributed by atoms with van der Waals surface area (Å²) in [6, 6.07) is 34.1. The van der Waals surface area contributed by atoms with Gasteiger partial charge in [0.15, 0.2) is 0 Å². The molecule has 0 saturated carbocycles. The third kappa shape index (κ3) is 10.6. The number of carbonyl (C=O) groups is 1. The van der Waals surface area contributed by atoms with E-state index in [1.54, 1.807) is 30.3 Å². The van der Waals surface area contributed by atoms with Crippen molar-refractivity contribution in [3.63, 3.8) is 0 Å². The van der Waals surface area contributed by atoms with Gasteiger partial charge in [-0.15, -0.1) is 10.2 Å². The lowest BCUT2D eigenvalue weighted by molar-refractivity contribution is -0.134. The van der Waals surface area contributed by atoms with Crippen LogP contribution in [0.25, 0.3) is 10.8 Å². The van der Waals surface area contributed by atoms with Crippen molar-refractivity contribution >= 4 is 56.6 Å². The maximum Gasteiger partial charge on any atom is 0.311 e. The predicted octanol–water partition coefficient (Wildman–Crippen LogP) is 12.7. The number of anilines is 1. The smallest absolute Gasteiger partial charge is 0.311 e. The Balaban J connectivity index is 1.15. The molecule has 0 heterocycles. The minimum Gasteiger partial charge on any atom is -0.494 e. The molecule has 0 aliphatic carbocycles. The first kappa shape index (κ1) is 36.0. The zero-order valence-corrected chi connectivity index (χ0v) is 29.0. The normalized spacial score (nSPS) is 11.4. The van der Waals surface area contributed by atoms with Gasteiger partial charge in [0.2, 0.25) is 0 Å². The number of benzene rings is 5. The van der Waals surface area contributed by atoms with Crippen LogP contribution < -0.4 is 9.64 Å². The van der Waals surface area contributed by atoms with Gasteiger partial charge in [0.1, 0.15) is 11.5 Å². The summed E-state index contributed by atoms with van der Waals surface area (Å²) < 4.78 is 10.7. The van der Waals surface area contributed by atoms with Gasteiger partial charge in [-0.1, -0.05) is 37.4 Å². The first-order chi connectivity index (χ1) is 24.9. The third-order valence-electron chi connectivity index (χ3n) is 7.89. The molecule has 0 bridgehead atoms. The fourth-order valence-corrected chi connectivity index (χ4v) is 5.08. The molecule has 5 rings (SSSR count). The van der Waals surface area contributed by atoms with Crippen molar-refractivity contribution in [2.24, 2.45) is 30.7 Å². The molecule has 10 heteroatoms. The van der Waals surface area contributed by atoms with E-state index in [0.29, 0.717) is 48.0 Å². The number of nitrogens with zero attached hydrogens (tertiary/aromatic N) is 7. The summed E-state index contributed by atoms with van der Waals surface area (Å²) in [6.07, 6.45) is 3.22. The number of allylic oxidation sites excluding steroid dienone is 1. The molecule has 0 aromatic heterocycles. The van der Waals surface area contributed by atoms with Gasteiger partial charge in [0.25, 0.3) is 0 Å². The van der Waals surface area contributed by atoms with Crippen molar-refractivity contribution in [3.8, 4) is 5.75 Å². The number of unbranched alkanes of at least 4 members (excludes halogenated alkanes) is 1. The molecule has 258 valence electrons. The summed E-state index contributed by atoms with van der Waals surface area (Å²) in [5.41, 5.74) is 5.41. The zero-order valence-electron chi connectivity index (χ0n) is 29.0. The van der Waals surface area contributed by atoms with E-state index in [-0.39, 0.29) is 5.97 Å². The molecule has 10 nitrogen and oxygen atoms in total. The lowest BCUT2D eigenvalue weighted by atomic mass is 10.1. The van der Waals surface area contributed by atoms with Gasteiger partial charge in [-0.05, 0) is 118 Å². The lowest BCUT2D eigenvalue weighted by Crippen LogP contribution is -2.21. The van der Waals surface area contributed by atoms with E-state index in [9.17, 15) is 4.79 Å². The van der Waals surface area contributed by atoms with Crippen LogP contribution in [0.3, 0.4) is 0 Å². The second-order valence-corrected chi connectivity index (χ2v) is 11.4. The second-order valence-electron chi connectivity index (χ2n) is 11.4. The number of rotatable bonds is 17. The first-order valence-corrected chi connectivity index (χ1v) is 16.9. The Kier molecular flexibility index (Phi) is 13.0. The van der Waals surface area contributed by atoms with Crippen LogP contribution in [0.5, 0.6) is 5.75 Å². The molecule has 0 aliphatic rings. The third-order valence-corrected chi connectivity index (χ3v) is 7.89. The topological polar surface area (TPSA) is 113 Å². The second kappa shape index (κ2) is 18.5. The van der Waals surface area contributed by atoms with E-state index in [1.807, 2.05) is 72.8 Å². The standard InChI is InChI=1S/C41H41N7O3/c1-5-30(4)50-29-11-10-14-41(49)51-36-25-21-34(22-26-36)43-42-31-15-17-32(18-16-31)44-46-39-27-28-40(38-13-9-8-12-37(38)39)47-45-33-19-23-35(24-20-33)48(6-2)7-3/h5,8-9,12-13,15-28H,1,4,6-7,10-11,14,29H2,2-3H3/b43-42+,46-44+,47-45+. The molecule has 0 N–H and O–H groups in total. The van der Waals surface area contributed by atoms with Crippen molar-refractivity contribution in [2.75, 3.05) is 24.6 Å². The van der Waals surface area contributed by atoms with Crippen molar-refractivity contribution in [1.29, 1.82) is 0 Å². The highest BCUT2D eigenvalue weighted by molar-refractivity contribution is 5.99. The Bertz CT molecular complexity index is 2020. The highest BCUT2D eigenvalue weighted by atomic mass is 16.5. The van der Waals surface area contributed by atoms with Gasteiger partial charge in [-0.25, -0.2) is 0 Å². The van der Waals surface area contributed by atoms with Crippen molar-refractivity contribution in [1.82, 2.24) is 0 Å². The van der Waals surface area contributed by atoms with Crippen LogP contribution in [0.2, 0.25) is 0 Å². The number of esters is 1. The molecule has 0 amide bonds. The number of carbonyl (C=O) groups excluding carboxylic acids is 1. The van der Waals surface area contributed by atoms with Crippen LogP contribution in [0.1, 0.15) is 33.1 Å². The van der Waals surface area contributed by atoms with Crippen molar-refractivity contribution in [3.05, 3.63) is 134 Å². The molecule has 0 atom stereocenters. The number of hydrogen-bond donors (Lipinski definition) is 0. The molecule has 5 aromatic rings. The van der Waals surface area contributed by atoms with E-state index < -0.39 is 0 Å². The quantitative estimate of drug-likeness (QED) is 0.0243. The molecule has 5 aromatic carbocycles. The Labute approximate surface area is 298 Å². The summed E-state index contributed by atoms with van der Waals surface area (Å²) in [5.74, 6) is 0.674. The van der Waals surface area contributed by atoms with Crippen LogP contribution in [-0.4, -0.2) is 25.7 Å². The number of ether oxygens (including phenoxy) is 2. The SMILES string of the molecule is C=CC(=C)OCCCCC(=O)Oc1ccc(/N=N/c2ccc(/N=N/c3ccc(/N=N/c4ccc(N(CC)CC)cc4)c4ccccc34)cc2)cc1. The number of azo groups is 3. The van der Waals surface area contributed by atoms with Crippen LogP contribution in [0.15, 0.2) is 165 Å². The molecule has 0 fully saturated rings. The van der Waals surface area contributed by atoms with E-state index in [4.69, 9.17) is 9.47 Å². The maximum absolute atomic E-state index is 12.1. The van der Waals surface area contributed by atoms with Crippen LogP contribution in [-0.2, 0) is 9.53 Å². The Morgan fingerprint density at radius 3 is 1.61 bits per heavy atom. The minimum absolute atomic E-state index is 0.296. The van der Waals surface area contributed by atoms with Gasteiger partial charge in [-0.3, -0.25) is 4.79 Å². The molecule has 0 saturated heterocycles. The molecule has 0 radical (unpaired) electrons. The summed E-state index contributed by atoms with van der Waals surface area (Å²) >= 11 is 0. The summed E-state index contributed by atoms with van der Waals surface area (Å²) in [6.45, 7) is 14.0. The van der Waals surface area contributed by atoms with E-state index in [1.165, 1.54) is 5.69 Å². The van der Waals surface area contributed by atoms with Gasteiger partial charge < -0.3 is 14.4 Å². The predicted molar refractivity (Wildman–Crippen MR) is 204 cm³/mol. The minimum atomic E-state index is -0.302. The molecule has 51 heavy (non-hydrogen) atoms. The van der Waals surface area contributed by atoms with Crippen molar-refractivity contribution < 1.29 is 14.3 Å². The van der Waals surface area contributed by atoms with Gasteiger partial charge in [0, 0.05) is 36.0 Å². The van der Waals surface area contributed by atoms with Gasteiger partial charge >= 0.3 is 5.97 Å². The van der Waals surface area contributed by atoms with Gasteiger partial charge in [0.05, 0.1) is 40.7 Å². The largest absolute Gasteiger partial charge is 0.494 e. The maximum atomic E-state index is 12.1. The highest BCUT2D eigenvalue weighted by Crippen LogP contribution is 2.35. The zero-order chi connectivity index (χ0) is 35.8. The molecular formula is C41H41N7O3. The fraction of sp³-hybridized carbons (Fsp3) is 0.195. The molecule has 0 unspecified atom stereocenters. The molecular weight excluding hydrogens is 638 g/mol. The average Bonchev–Trinajstić information content (AvgIpc) is 3.17. The van der Waals surface area contributed by atoms with Gasteiger partial charge in [-0.2, -0.15) is 20.5 Å². The number of fused-ring (bicyclic) bond motifs is 1. The fourth-order valence-electron chi connectivity index (χ4n) is 5.08. The number of hydrogen-bond acceptors (Lipinski definition) is 10. The van der Waals surface area contributed by atoms with Crippen LogP contribution in [0, 0.1) is 0 Å². The van der Waals surface area contributed by atoms with E-state index in [0.717, 1.165) is 47.3 Å².